The zero-order chi connectivity index (χ0) is 26.4. The maximum atomic E-state index is 6.76. The van der Waals surface area contributed by atoms with Crippen LogP contribution in [0.1, 0.15) is 121 Å². The Kier molecular flexibility index (Phi) is 16.5. The summed E-state index contributed by atoms with van der Waals surface area (Å²) in [6, 6.07) is 0. The second-order valence-electron chi connectivity index (χ2n) is 13.5. The molecule has 1 aromatic carbocycles. The molecule has 1 heterocycles. The molecule has 3 unspecified atom stereocenters. The summed E-state index contributed by atoms with van der Waals surface area (Å²) in [6.07, 6.45) is 14.2. The maximum Gasteiger partial charge on any atom is 2.00 e. The van der Waals surface area contributed by atoms with Gasteiger partial charge in [-0.15, -0.1) is 11.1 Å². The third kappa shape index (κ3) is 12.1. The molecule has 0 saturated heterocycles. The summed E-state index contributed by atoms with van der Waals surface area (Å²) >= 11 is 0. The van der Waals surface area contributed by atoms with E-state index in [9.17, 15) is 0 Å². The summed E-state index contributed by atoms with van der Waals surface area (Å²) in [6.45, 7) is 27.4. The molecule has 1 aliphatic heterocycles. The van der Waals surface area contributed by atoms with Crippen LogP contribution in [0.3, 0.4) is 0 Å². The van der Waals surface area contributed by atoms with Crippen molar-refractivity contribution in [3.8, 4) is 11.5 Å². The van der Waals surface area contributed by atoms with Crippen molar-refractivity contribution < 1.29 is 26.1 Å². The molecule has 0 spiro atoms. The summed E-state index contributed by atoms with van der Waals surface area (Å²) in [4.78, 5) is 0. The number of hydrogen-bond donors (Lipinski definition) is 0. The number of rotatable bonds is 14. The molecular formula is C32H57BrMgO2Si. The number of ether oxygens (including phenoxy) is 1. The molecule has 0 fully saturated rings. The molecule has 2 rings (SSSR count). The van der Waals surface area contributed by atoms with Gasteiger partial charge >= 0.3 is 23.1 Å². The first-order chi connectivity index (χ1) is 16.2. The Bertz CT molecular complexity index is 820. The Hall–Kier alpha value is 0.153. The van der Waals surface area contributed by atoms with E-state index < -0.39 is 8.32 Å². The molecule has 37 heavy (non-hydrogen) atoms. The van der Waals surface area contributed by atoms with Crippen LogP contribution in [0.25, 0.3) is 0 Å². The monoisotopic (exact) mass is 604 g/mol. The fourth-order valence-corrected chi connectivity index (χ4v) is 6.47. The molecule has 0 amide bonds. The van der Waals surface area contributed by atoms with Crippen molar-refractivity contribution >= 4 is 31.4 Å². The summed E-state index contributed by atoms with van der Waals surface area (Å²) < 4.78 is 13.2. The van der Waals surface area contributed by atoms with E-state index in [1.807, 2.05) is 0 Å². The number of fused-ring (bicyclic) bond motifs is 1. The molecule has 2 nitrogen and oxygen atoms in total. The molecule has 3 atom stereocenters. The SMILES string of the molecule is [Br-].[CH2-]c1c2c(c(C)c(C)c1O[Si](C)(C)C)OC(C)(CCCC(C)CCCC(C)CCCC(C)C)CC2.[Mg+2]. The maximum absolute atomic E-state index is 6.76. The molecule has 0 aromatic heterocycles. The van der Waals surface area contributed by atoms with Crippen LogP contribution in [0.4, 0.5) is 0 Å². The average molecular weight is 606 g/mol. The molecule has 1 aliphatic rings. The summed E-state index contributed by atoms with van der Waals surface area (Å²) in [5, 5.41) is 0. The fraction of sp³-hybridized carbons (Fsp3) is 0.781. The quantitative estimate of drug-likeness (QED) is 0.171. The van der Waals surface area contributed by atoms with E-state index >= 15 is 0 Å². The summed E-state index contributed by atoms with van der Waals surface area (Å²) in [5.41, 5.74) is 4.70. The van der Waals surface area contributed by atoms with Crippen molar-refractivity contribution in [2.24, 2.45) is 17.8 Å². The van der Waals surface area contributed by atoms with E-state index in [0.717, 1.165) is 54.1 Å². The number of benzene rings is 1. The first kappa shape index (κ1) is 37.2. The number of halogens is 1. The van der Waals surface area contributed by atoms with E-state index in [1.165, 1.54) is 68.1 Å². The molecule has 0 bridgehead atoms. The first-order valence-corrected chi connectivity index (χ1v) is 18.0. The molecule has 0 radical (unpaired) electrons. The average Bonchev–Trinajstić information content (AvgIpc) is 2.74. The van der Waals surface area contributed by atoms with Crippen LogP contribution < -0.4 is 26.1 Å². The van der Waals surface area contributed by atoms with Gasteiger partial charge < -0.3 is 26.1 Å². The molecule has 0 saturated carbocycles. The first-order valence-electron chi connectivity index (χ1n) is 14.6. The molecule has 0 aliphatic carbocycles. The van der Waals surface area contributed by atoms with Gasteiger partial charge in [0.05, 0.1) is 5.75 Å². The Morgan fingerprint density at radius 2 is 1.41 bits per heavy atom. The van der Waals surface area contributed by atoms with Crippen LogP contribution in [0.5, 0.6) is 11.5 Å². The van der Waals surface area contributed by atoms with Gasteiger partial charge in [0.2, 0.25) is 8.32 Å². The van der Waals surface area contributed by atoms with Crippen molar-refractivity contribution in [2.75, 3.05) is 0 Å². The minimum Gasteiger partial charge on any atom is -1.00 e. The Morgan fingerprint density at radius 1 is 0.892 bits per heavy atom. The van der Waals surface area contributed by atoms with E-state index in [0.29, 0.717) is 0 Å². The fourth-order valence-electron chi connectivity index (χ4n) is 5.58. The van der Waals surface area contributed by atoms with Crippen LogP contribution in [0, 0.1) is 38.5 Å². The smallest absolute Gasteiger partial charge is 1.00 e. The Labute approximate surface area is 258 Å². The normalized spacial score (nSPS) is 18.8. The van der Waals surface area contributed by atoms with E-state index in [2.05, 4.69) is 75.0 Å². The predicted molar refractivity (Wildman–Crippen MR) is 162 cm³/mol. The van der Waals surface area contributed by atoms with E-state index in [-0.39, 0.29) is 45.6 Å². The minimum atomic E-state index is -1.69. The molecule has 5 heteroatoms. The zero-order valence-corrected chi connectivity index (χ0v) is 30.1. The Balaban J connectivity index is 0.00000648. The topological polar surface area (TPSA) is 18.5 Å². The van der Waals surface area contributed by atoms with Gasteiger partial charge in [0.1, 0.15) is 5.60 Å². The third-order valence-electron chi connectivity index (χ3n) is 8.09. The van der Waals surface area contributed by atoms with Gasteiger partial charge in [0, 0.05) is 5.75 Å². The molecule has 1 aromatic rings. The zero-order valence-electron chi connectivity index (χ0n) is 26.1. The van der Waals surface area contributed by atoms with Gasteiger partial charge in [0.25, 0.3) is 0 Å². The van der Waals surface area contributed by atoms with E-state index in [4.69, 9.17) is 9.16 Å². The van der Waals surface area contributed by atoms with Gasteiger partial charge in [-0.1, -0.05) is 84.6 Å². The van der Waals surface area contributed by atoms with Crippen LogP contribution in [0.15, 0.2) is 0 Å². The predicted octanol–water partition coefficient (Wildman–Crippen LogP) is 6.85. The van der Waals surface area contributed by atoms with Gasteiger partial charge in [-0.2, -0.15) is 6.92 Å². The largest absolute Gasteiger partial charge is 2.00 e. The van der Waals surface area contributed by atoms with Gasteiger partial charge in [0.15, 0.2) is 0 Å². The van der Waals surface area contributed by atoms with Crippen molar-refractivity contribution in [1.29, 1.82) is 0 Å². The minimum absolute atomic E-state index is 0. The van der Waals surface area contributed by atoms with Crippen LogP contribution in [-0.2, 0) is 6.42 Å². The molecule has 210 valence electrons. The molecule has 0 N–H and O–H groups in total. The second kappa shape index (κ2) is 16.4. The van der Waals surface area contributed by atoms with Crippen LogP contribution >= 0.6 is 0 Å². The molecular weight excluding hydrogens is 549 g/mol. The van der Waals surface area contributed by atoms with E-state index in [1.54, 1.807) is 0 Å². The van der Waals surface area contributed by atoms with Gasteiger partial charge in [-0.3, -0.25) is 0 Å². The summed E-state index contributed by atoms with van der Waals surface area (Å²) in [5.74, 6) is 4.64. The van der Waals surface area contributed by atoms with Crippen molar-refractivity contribution in [3.63, 3.8) is 0 Å². The van der Waals surface area contributed by atoms with Gasteiger partial charge in [-0.05, 0) is 83.0 Å². The van der Waals surface area contributed by atoms with Gasteiger partial charge in [-0.25, -0.2) is 0 Å². The Morgan fingerprint density at radius 3 is 1.92 bits per heavy atom. The standard InChI is InChI=1S/C32H57O2Si.BrH.Mg/c1-23(2)15-12-16-24(3)17-13-18-25(4)19-14-21-32(8)22-20-29-28(7)30(34-35(9,10)11)26(5)27(6)31(29)33-32;;/h23-25H,7,12-22H2,1-6,8-11H3;1H;/q-1;;+2/p-1. The van der Waals surface area contributed by atoms with Crippen molar-refractivity contribution in [1.82, 2.24) is 0 Å². The van der Waals surface area contributed by atoms with Crippen LogP contribution in [-0.4, -0.2) is 37.0 Å². The van der Waals surface area contributed by atoms with Crippen LogP contribution in [0.2, 0.25) is 19.6 Å². The van der Waals surface area contributed by atoms with Crippen molar-refractivity contribution in [3.05, 3.63) is 29.2 Å². The second-order valence-corrected chi connectivity index (χ2v) is 17.9. The number of hydrogen-bond acceptors (Lipinski definition) is 2. The summed E-state index contributed by atoms with van der Waals surface area (Å²) in [7, 11) is -1.69. The van der Waals surface area contributed by atoms with Crippen molar-refractivity contribution in [2.45, 2.75) is 144 Å². The third-order valence-corrected chi connectivity index (χ3v) is 8.91.